The van der Waals surface area contributed by atoms with Crippen molar-refractivity contribution >= 4 is 23.5 Å². The van der Waals surface area contributed by atoms with Gasteiger partial charge in [-0.3, -0.25) is 9.79 Å². The number of benzene rings is 1. The van der Waals surface area contributed by atoms with Gasteiger partial charge in [-0.05, 0) is 48.9 Å². The Balaban J connectivity index is 1.43. The summed E-state index contributed by atoms with van der Waals surface area (Å²) in [7, 11) is 1.85. The zero-order valence-electron chi connectivity index (χ0n) is 19.3. The Morgan fingerprint density at radius 2 is 1.94 bits per heavy atom. The number of piperazine rings is 1. The number of carbonyl (C=O) groups is 1. The van der Waals surface area contributed by atoms with Crippen LogP contribution in [0.4, 0.5) is 0 Å². The highest BCUT2D eigenvalue weighted by atomic mass is 35.5. The highest BCUT2D eigenvalue weighted by Crippen LogP contribution is 2.17. The summed E-state index contributed by atoms with van der Waals surface area (Å²) in [5.41, 5.74) is 0.969. The van der Waals surface area contributed by atoms with Crippen molar-refractivity contribution in [3.63, 3.8) is 0 Å². The third-order valence-electron chi connectivity index (χ3n) is 6.16. The second-order valence-corrected chi connectivity index (χ2v) is 9.70. The predicted molar refractivity (Wildman–Crippen MR) is 129 cm³/mol. The molecule has 1 amide bonds. The van der Waals surface area contributed by atoms with Crippen molar-refractivity contribution < 1.29 is 4.79 Å². The number of nitrogens with one attached hydrogen (secondary N) is 1. The Kier molecular flexibility index (Phi) is 9.02. The van der Waals surface area contributed by atoms with E-state index in [1.54, 1.807) is 0 Å². The highest BCUT2D eigenvalue weighted by Gasteiger charge is 2.25. The van der Waals surface area contributed by atoms with E-state index >= 15 is 0 Å². The van der Waals surface area contributed by atoms with Crippen LogP contribution < -0.4 is 5.32 Å². The maximum atomic E-state index is 12.7. The van der Waals surface area contributed by atoms with Gasteiger partial charge in [0.15, 0.2) is 5.96 Å². The molecule has 0 spiro atoms. The SMILES string of the molecule is CN=C(NCC1CCCN(CC(C)C)C1)N1CCN(C(=O)Cc2cccc(Cl)c2)CC1. The molecule has 31 heavy (non-hydrogen) atoms. The second kappa shape index (κ2) is 11.7. The molecule has 1 atom stereocenters. The number of hydrogen-bond acceptors (Lipinski definition) is 3. The van der Waals surface area contributed by atoms with E-state index in [-0.39, 0.29) is 5.91 Å². The largest absolute Gasteiger partial charge is 0.356 e. The van der Waals surface area contributed by atoms with Crippen LogP contribution in [0.2, 0.25) is 5.02 Å². The summed E-state index contributed by atoms with van der Waals surface area (Å²) in [6.07, 6.45) is 2.97. The molecule has 0 aliphatic carbocycles. The zero-order valence-corrected chi connectivity index (χ0v) is 20.1. The second-order valence-electron chi connectivity index (χ2n) is 9.26. The minimum Gasteiger partial charge on any atom is -0.356 e. The molecule has 2 heterocycles. The molecular formula is C24H38ClN5O. The van der Waals surface area contributed by atoms with Crippen LogP contribution in [0.15, 0.2) is 29.3 Å². The molecule has 0 bridgehead atoms. The number of amides is 1. The molecule has 3 rings (SSSR count). The minimum absolute atomic E-state index is 0.164. The topological polar surface area (TPSA) is 51.2 Å². The van der Waals surface area contributed by atoms with E-state index in [2.05, 4.69) is 34.0 Å². The molecule has 6 nitrogen and oxygen atoms in total. The molecule has 1 aromatic rings. The van der Waals surface area contributed by atoms with Crippen LogP contribution in [0.3, 0.4) is 0 Å². The monoisotopic (exact) mass is 447 g/mol. The first kappa shape index (κ1) is 23.9. The first-order valence-electron chi connectivity index (χ1n) is 11.6. The van der Waals surface area contributed by atoms with E-state index < -0.39 is 0 Å². The Bertz CT molecular complexity index is 745. The van der Waals surface area contributed by atoms with Crippen LogP contribution in [0.25, 0.3) is 0 Å². The highest BCUT2D eigenvalue weighted by molar-refractivity contribution is 6.30. The molecule has 0 saturated carbocycles. The van der Waals surface area contributed by atoms with Crippen molar-refractivity contribution in [1.29, 1.82) is 0 Å². The average Bonchev–Trinajstić information content (AvgIpc) is 2.74. The van der Waals surface area contributed by atoms with Crippen molar-refractivity contribution in [3.05, 3.63) is 34.9 Å². The van der Waals surface area contributed by atoms with Gasteiger partial charge in [0.1, 0.15) is 0 Å². The number of halogens is 1. The lowest BCUT2D eigenvalue weighted by Gasteiger charge is -2.38. The molecule has 0 aromatic heterocycles. The first-order chi connectivity index (χ1) is 14.9. The van der Waals surface area contributed by atoms with E-state index in [4.69, 9.17) is 11.6 Å². The summed E-state index contributed by atoms with van der Waals surface area (Å²) in [5, 5.41) is 4.28. The molecule has 2 aliphatic heterocycles. The summed E-state index contributed by atoms with van der Waals surface area (Å²) in [5.74, 6) is 2.52. The minimum atomic E-state index is 0.164. The van der Waals surface area contributed by atoms with Gasteiger partial charge in [0.2, 0.25) is 5.91 Å². The summed E-state index contributed by atoms with van der Waals surface area (Å²) in [6, 6.07) is 7.56. The number of nitrogens with zero attached hydrogens (tertiary/aromatic N) is 4. The quantitative estimate of drug-likeness (QED) is 0.538. The zero-order chi connectivity index (χ0) is 22.2. The van der Waals surface area contributed by atoms with Gasteiger partial charge in [0.05, 0.1) is 6.42 Å². The van der Waals surface area contributed by atoms with Crippen molar-refractivity contribution in [3.8, 4) is 0 Å². The van der Waals surface area contributed by atoms with Crippen molar-refractivity contribution in [2.24, 2.45) is 16.8 Å². The van der Waals surface area contributed by atoms with Crippen molar-refractivity contribution in [2.75, 3.05) is 59.4 Å². The van der Waals surface area contributed by atoms with E-state index in [0.717, 1.165) is 50.2 Å². The smallest absolute Gasteiger partial charge is 0.227 e. The maximum absolute atomic E-state index is 12.7. The Morgan fingerprint density at radius 1 is 1.19 bits per heavy atom. The summed E-state index contributed by atoms with van der Waals surface area (Å²) in [6.45, 7) is 12.2. The van der Waals surface area contributed by atoms with Crippen LogP contribution in [-0.2, 0) is 11.2 Å². The number of carbonyl (C=O) groups excluding carboxylic acids is 1. The average molecular weight is 448 g/mol. The van der Waals surface area contributed by atoms with Crippen LogP contribution in [0, 0.1) is 11.8 Å². The van der Waals surface area contributed by atoms with Gasteiger partial charge in [0, 0.05) is 57.9 Å². The van der Waals surface area contributed by atoms with Gasteiger partial charge in [-0.1, -0.05) is 37.6 Å². The molecule has 172 valence electrons. The Labute approximate surface area is 192 Å². The first-order valence-corrected chi connectivity index (χ1v) is 12.0. The lowest BCUT2D eigenvalue weighted by atomic mass is 9.97. The van der Waals surface area contributed by atoms with Crippen LogP contribution in [-0.4, -0.2) is 86.0 Å². The van der Waals surface area contributed by atoms with E-state index in [9.17, 15) is 4.79 Å². The van der Waals surface area contributed by atoms with E-state index in [1.165, 1.54) is 32.5 Å². The fourth-order valence-electron chi connectivity index (χ4n) is 4.67. The standard InChI is InChI=1S/C24H38ClN5O/c1-19(2)17-28-9-5-7-21(18-28)16-27-24(26-3)30-12-10-29(11-13-30)23(31)15-20-6-4-8-22(25)14-20/h4,6,8,14,19,21H,5,7,9-13,15-18H2,1-3H3,(H,26,27). The predicted octanol–water partition coefficient (Wildman–Crippen LogP) is 2.97. The van der Waals surface area contributed by atoms with E-state index in [0.29, 0.717) is 17.4 Å². The van der Waals surface area contributed by atoms with Gasteiger partial charge >= 0.3 is 0 Å². The third kappa shape index (κ3) is 7.39. The summed E-state index contributed by atoms with van der Waals surface area (Å²) < 4.78 is 0. The fourth-order valence-corrected chi connectivity index (χ4v) is 4.88. The number of rotatable bonds is 6. The van der Waals surface area contributed by atoms with Gasteiger partial charge in [-0.25, -0.2) is 0 Å². The van der Waals surface area contributed by atoms with Crippen molar-refractivity contribution in [1.82, 2.24) is 20.0 Å². The van der Waals surface area contributed by atoms with Gasteiger partial charge in [-0.2, -0.15) is 0 Å². The van der Waals surface area contributed by atoms with Crippen LogP contribution in [0.1, 0.15) is 32.3 Å². The molecule has 2 aliphatic rings. The normalized spacial score (nSPS) is 20.9. The van der Waals surface area contributed by atoms with Crippen LogP contribution >= 0.6 is 11.6 Å². The maximum Gasteiger partial charge on any atom is 0.227 e. The molecule has 2 saturated heterocycles. The third-order valence-corrected chi connectivity index (χ3v) is 6.40. The lowest BCUT2D eigenvalue weighted by Crippen LogP contribution is -2.55. The Morgan fingerprint density at radius 3 is 2.61 bits per heavy atom. The molecule has 1 unspecified atom stereocenters. The Hall–Kier alpha value is -1.79. The summed E-state index contributed by atoms with van der Waals surface area (Å²) >= 11 is 6.05. The summed E-state index contributed by atoms with van der Waals surface area (Å²) in [4.78, 5) is 24.0. The number of hydrogen-bond donors (Lipinski definition) is 1. The number of piperidine rings is 1. The molecule has 7 heteroatoms. The van der Waals surface area contributed by atoms with Crippen LogP contribution in [0.5, 0.6) is 0 Å². The molecule has 2 fully saturated rings. The molecule has 0 radical (unpaired) electrons. The number of guanidine groups is 1. The van der Waals surface area contributed by atoms with E-state index in [1.807, 2.05) is 36.2 Å². The molecule has 1 N–H and O–H groups in total. The van der Waals surface area contributed by atoms with Gasteiger partial charge < -0.3 is 20.0 Å². The van der Waals surface area contributed by atoms with Crippen molar-refractivity contribution in [2.45, 2.75) is 33.1 Å². The lowest BCUT2D eigenvalue weighted by molar-refractivity contribution is -0.131. The molecule has 1 aromatic carbocycles. The molecular weight excluding hydrogens is 410 g/mol. The van der Waals surface area contributed by atoms with Gasteiger partial charge in [0.25, 0.3) is 0 Å². The number of aliphatic imine (C=N–C) groups is 1. The number of likely N-dealkylation sites (tertiary alicyclic amines) is 1. The fraction of sp³-hybridized carbons (Fsp3) is 0.667. The van der Waals surface area contributed by atoms with Gasteiger partial charge in [-0.15, -0.1) is 0 Å².